The monoisotopic (exact) mass is 312 g/mol. The number of hydrogen-bond acceptors (Lipinski definition) is 4. The Kier molecular flexibility index (Phi) is 5.14. The highest BCUT2D eigenvalue weighted by molar-refractivity contribution is 6.33. The van der Waals surface area contributed by atoms with E-state index in [1.807, 2.05) is 0 Å². The van der Waals surface area contributed by atoms with Crippen LogP contribution in [-0.4, -0.2) is 30.1 Å². The van der Waals surface area contributed by atoms with Crippen LogP contribution in [0.3, 0.4) is 0 Å². The maximum absolute atomic E-state index is 12.0. The van der Waals surface area contributed by atoms with Crippen LogP contribution in [0.2, 0.25) is 5.02 Å². The van der Waals surface area contributed by atoms with Crippen LogP contribution in [0.15, 0.2) is 18.2 Å². The first-order valence-electron chi connectivity index (χ1n) is 6.86. The summed E-state index contributed by atoms with van der Waals surface area (Å²) in [5.74, 6) is 0.0287. The SMILES string of the molecule is CCC1OCCC1CNC(=O)c1ccc([N+](=O)[O-])c(Cl)c1. The quantitative estimate of drug-likeness (QED) is 0.669. The number of halogens is 1. The van der Waals surface area contributed by atoms with Gasteiger partial charge < -0.3 is 10.1 Å². The van der Waals surface area contributed by atoms with Gasteiger partial charge in [-0.3, -0.25) is 14.9 Å². The minimum Gasteiger partial charge on any atom is -0.378 e. The predicted octanol–water partition coefficient (Wildman–Crippen LogP) is 2.79. The van der Waals surface area contributed by atoms with Crippen molar-refractivity contribution in [3.63, 3.8) is 0 Å². The summed E-state index contributed by atoms with van der Waals surface area (Å²) in [7, 11) is 0. The van der Waals surface area contributed by atoms with Gasteiger partial charge >= 0.3 is 0 Å². The Morgan fingerprint density at radius 3 is 2.95 bits per heavy atom. The molecule has 0 bridgehead atoms. The fourth-order valence-corrected chi connectivity index (χ4v) is 2.75. The molecule has 0 aliphatic carbocycles. The Hall–Kier alpha value is -1.66. The van der Waals surface area contributed by atoms with Gasteiger partial charge in [-0.25, -0.2) is 0 Å². The fraction of sp³-hybridized carbons (Fsp3) is 0.500. The van der Waals surface area contributed by atoms with Crippen LogP contribution in [0.1, 0.15) is 30.1 Å². The second-order valence-electron chi connectivity index (χ2n) is 5.00. The van der Waals surface area contributed by atoms with Crippen molar-refractivity contribution < 1.29 is 14.5 Å². The van der Waals surface area contributed by atoms with E-state index in [9.17, 15) is 14.9 Å². The highest BCUT2D eigenvalue weighted by Gasteiger charge is 2.27. The highest BCUT2D eigenvalue weighted by atomic mass is 35.5. The molecule has 1 N–H and O–H groups in total. The van der Waals surface area contributed by atoms with Gasteiger partial charge in [-0.15, -0.1) is 0 Å². The molecule has 1 aliphatic heterocycles. The number of nitrogens with one attached hydrogen (secondary N) is 1. The van der Waals surface area contributed by atoms with Gasteiger partial charge in [-0.05, 0) is 25.0 Å². The van der Waals surface area contributed by atoms with Crippen molar-refractivity contribution in [1.29, 1.82) is 0 Å². The van der Waals surface area contributed by atoms with Crippen LogP contribution >= 0.6 is 11.6 Å². The Morgan fingerprint density at radius 2 is 2.33 bits per heavy atom. The Balaban J connectivity index is 1.97. The summed E-state index contributed by atoms with van der Waals surface area (Å²) in [5, 5.41) is 13.5. The van der Waals surface area contributed by atoms with Crippen LogP contribution in [-0.2, 0) is 4.74 Å². The lowest BCUT2D eigenvalue weighted by molar-refractivity contribution is -0.384. The Bertz CT molecular complexity index is 550. The van der Waals surface area contributed by atoms with Crippen LogP contribution in [0.25, 0.3) is 0 Å². The second kappa shape index (κ2) is 6.87. The third kappa shape index (κ3) is 3.71. The van der Waals surface area contributed by atoms with Crippen LogP contribution in [0.5, 0.6) is 0 Å². The van der Waals surface area contributed by atoms with E-state index in [-0.39, 0.29) is 22.7 Å². The van der Waals surface area contributed by atoms with Gasteiger partial charge in [-0.1, -0.05) is 18.5 Å². The number of rotatable bonds is 5. The molecule has 1 aromatic carbocycles. The number of carbonyl (C=O) groups excluding carboxylic acids is 1. The number of ether oxygens (including phenoxy) is 1. The van der Waals surface area contributed by atoms with Gasteiger partial charge in [0.15, 0.2) is 0 Å². The lowest BCUT2D eigenvalue weighted by Gasteiger charge is -2.17. The molecule has 0 radical (unpaired) electrons. The Morgan fingerprint density at radius 1 is 1.57 bits per heavy atom. The molecule has 1 amide bonds. The second-order valence-corrected chi connectivity index (χ2v) is 5.41. The van der Waals surface area contributed by atoms with Crippen molar-refractivity contribution in [2.75, 3.05) is 13.2 Å². The molecule has 7 heteroatoms. The Labute approximate surface area is 127 Å². The molecule has 1 heterocycles. The number of benzene rings is 1. The molecule has 1 fully saturated rings. The van der Waals surface area contributed by atoms with Crippen LogP contribution in [0, 0.1) is 16.0 Å². The molecule has 2 rings (SSSR count). The molecule has 2 atom stereocenters. The summed E-state index contributed by atoms with van der Waals surface area (Å²) >= 11 is 5.80. The van der Waals surface area contributed by atoms with E-state index >= 15 is 0 Å². The lowest BCUT2D eigenvalue weighted by atomic mass is 9.99. The summed E-state index contributed by atoms with van der Waals surface area (Å²) in [6.07, 6.45) is 2.04. The van der Waals surface area contributed by atoms with E-state index in [1.165, 1.54) is 18.2 Å². The number of carbonyl (C=O) groups is 1. The van der Waals surface area contributed by atoms with E-state index in [0.29, 0.717) is 18.0 Å². The zero-order chi connectivity index (χ0) is 15.4. The van der Waals surface area contributed by atoms with Crippen molar-refractivity contribution in [2.24, 2.45) is 5.92 Å². The van der Waals surface area contributed by atoms with Gasteiger partial charge in [0.2, 0.25) is 0 Å². The molecule has 21 heavy (non-hydrogen) atoms. The number of nitro benzene ring substituents is 1. The summed E-state index contributed by atoms with van der Waals surface area (Å²) in [4.78, 5) is 22.2. The van der Waals surface area contributed by atoms with Crippen LogP contribution in [0.4, 0.5) is 5.69 Å². The molecule has 0 saturated carbocycles. The summed E-state index contributed by atoms with van der Waals surface area (Å²) in [5.41, 5.74) is 0.112. The number of hydrogen-bond donors (Lipinski definition) is 1. The smallest absolute Gasteiger partial charge is 0.287 e. The normalized spacial score (nSPS) is 21.2. The highest BCUT2D eigenvalue weighted by Crippen LogP contribution is 2.25. The summed E-state index contributed by atoms with van der Waals surface area (Å²) < 4.78 is 5.57. The van der Waals surface area contributed by atoms with E-state index in [0.717, 1.165) is 19.4 Å². The number of nitrogens with zero attached hydrogens (tertiary/aromatic N) is 1. The molecular weight excluding hydrogens is 296 g/mol. The number of amides is 1. The first-order chi connectivity index (χ1) is 10.0. The zero-order valence-electron chi connectivity index (χ0n) is 11.7. The molecule has 6 nitrogen and oxygen atoms in total. The van der Waals surface area contributed by atoms with E-state index in [4.69, 9.17) is 16.3 Å². The molecular formula is C14H17ClN2O4. The fourth-order valence-electron chi connectivity index (χ4n) is 2.50. The maximum Gasteiger partial charge on any atom is 0.287 e. The van der Waals surface area contributed by atoms with E-state index in [2.05, 4.69) is 12.2 Å². The van der Waals surface area contributed by atoms with Gasteiger partial charge in [0.25, 0.3) is 11.6 Å². The molecule has 2 unspecified atom stereocenters. The number of nitro groups is 1. The lowest BCUT2D eigenvalue weighted by Crippen LogP contribution is -2.32. The zero-order valence-corrected chi connectivity index (χ0v) is 12.4. The summed E-state index contributed by atoms with van der Waals surface area (Å²) in [6.45, 7) is 3.31. The third-order valence-corrected chi connectivity index (χ3v) is 3.98. The topological polar surface area (TPSA) is 81.5 Å². The first-order valence-corrected chi connectivity index (χ1v) is 7.24. The summed E-state index contributed by atoms with van der Waals surface area (Å²) in [6, 6.07) is 3.96. The standard InChI is InChI=1S/C14H17ClN2O4/c1-2-13-10(5-6-21-13)8-16-14(18)9-3-4-12(17(19)20)11(15)7-9/h3-4,7,10,13H,2,5-6,8H2,1H3,(H,16,18). The van der Waals surface area contributed by atoms with Gasteiger partial charge in [0.05, 0.1) is 11.0 Å². The third-order valence-electron chi connectivity index (χ3n) is 3.68. The van der Waals surface area contributed by atoms with Crippen molar-refractivity contribution in [3.8, 4) is 0 Å². The largest absolute Gasteiger partial charge is 0.378 e. The molecule has 0 aromatic heterocycles. The maximum atomic E-state index is 12.0. The van der Waals surface area contributed by atoms with Gasteiger partial charge in [0, 0.05) is 30.7 Å². The minimum absolute atomic E-state index is 0.0386. The van der Waals surface area contributed by atoms with Crippen molar-refractivity contribution >= 4 is 23.2 Å². The van der Waals surface area contributed by atoms with Gasteiger partial charge in [0.1, 0.15) is 5.02 Å². The molecule has 114 valence electrons. The average Bonchev–Trinajstić information content (AvgIpc) is 2.91. The molecule has 1 aliphatic rings. The molecule has 1 saturated heterocycles. The first kappa shape index (κ1) is 15.7. The van der Waals surface area contributed by atoms with E-state index < -0.39 is 4.92 Å². The molecule has 0 spiro atoms. The van der Waals surface area contributed by atoms with E-state index in [1.54, 1.807) is 0 Å². The minimum atomic E-state index is -0.578. The average molecular weight is 313 g/mol. The molecule has 1 aromatic rings. The van der Waals surface area contributed by atoms with Crippen molar-refractivity contribution in [3.05, 3.63) is 38.9 Å². The van der Waals surface area contributed by atoms with Crippen molar-refractivity contribution in [1.82, 2.24) is 5.32 Å². The van der Waals surface area contributed by atoms with Crippen LogP contribution < -0.4 is 5.32 Å². The predicted molar refractivity (Wildman–Crippen MR) is 78.6 cm³/mol. The van der Waals surface area contributed by atoms with Gasteiger partial charge in [-0.2, -0.15) is 0 Å². The van der Waals surface area contributed by atoms with Crippen molar-refractivity contribution in [2.45, 2.75) is 25.9 Å².